The predicted molar refractivity (Wildman–Crippen MR) is 83.3 cm³/mol. The second-order valence-electron chi connectivity index (χ2n) is 5.77. The van der Waals surface area contributed by atoms with Gasteiger partial charge in [0.15, 0.2) is 0 Å². The Hall–Kier alpha value is -1.07. The van der Waals surface area contributed by atoms with E-state index in [1.807, 2.05) is 12.1 Å². The third-order valence-corrected chi connectivity index (χ3v) is 5.65. The summed E-state index contributed by atoms with van der Waals surface area (Å²) in [6, 6.07) is 6.05. The standard InChI is InChI=1S/C15H19BrN2O2/c1-7-8(2)20-9(3)13(7)14(16)10-4-5-11-12(6-10)18-15(19)17-11/h4-9,13-14H,1-3H3,(H2,17,18,19). The zero-order chi connectivity index (χ0) is 14.4. The molecule has 2 N–H and O–H groups in total. The second kappa shape index (κ2) is 5.04. The van der Waals surface area contributed by atoms with E-state index in [1.165, 1.54) is 5.56 Å². The van der Waals surface area contributed by atoms with Crippen molar-refractivity contribution in [1.82, 2.24) is 9.97 Å². The van der Waals surface area contributed by atoms with Gasteiger partial charge in [0.05, 0.1) is 23.2 Å². The predicted octanol–water partition coefficient (Wildman–Crippen LogP) is 3.35. The van der Waals surface area contributed by atoms with Crippen molar-refractivity contribution < 1.29 is 4.74 Å². The summed E-state index contributed by atoms with van der Waals surface area (Å²) in [5.74, 6) is 0.920. The van der Waals surface area contributed by atoms with Crippen molar-refractivity contribution in [2.24, 2.45) is 11.8 Å². The summed E-state index contributed by atoms with van der Waals surface area (Å²) < 4.78 is 5.93. The van der Waals surface area contributed by atoms with Crippen LogP contribution in [0.3, 0.4) is 0 Å². The number of nitrogens with one attached hydrogen (secondary N) is 2. The molecule has 0 spiro atoms. The fourth-order valence-electron chi connectivity index (χ4n) is 3.24. The van der Waals surface area contributed by atoms with Gasteiger partial charge >= 0.3 is 5.69 Å². The Morgan fingerprint density at radius 2 is 1.85 bits per heavy atom. The molecule has 0 bridgehead atoms. The average molecular weight is 339 g/mol. The quantitative estimate of drug-likeness (QED) is 0.825. The van der Waals surface area contributed by atoms with Crippen LogP contribution in [0.2, 0.25) is 0 Å². The maximum Gasteiger partial charge on any atom is 0.323 e. The smallest absolute Gasteiger partial charge is 0.323 e. The first kappa shape index (κ1) is 13.9. The number of fused-ring (bicyclic) bond motifs is 1. The number of hydrogen-bond donors (Lipinski definition) is 2. The van der Waals surface area contributed by atoms with Crippen LogP contribution in [0.5, 0.6) is 0 Å². The number of aromatic nitrogens is 2. The molecule has 5 unspecified atom stereocenters. The monoisotopic (exact) mass is 338 g/mol. The summed E-state index contributed by atoms with van der Waals surface area (Å²) in [4.78, 5) is 17.1. The first-order valence-electron chi connectivity index (χ1n) is 6.99. The van der Waals surface area contributed by atoms with Crippen molar-refractivity contribution in [2.75, 3.05) is 0 Å². The molecule has 4 nitrogen and oxygen atoms in total. The Labute approximate surface area is 126 Å². The molecule has 5 heteroatoms. The highest BCUT2D eigenvalue weighted by molar-refractivity contribution is 9.09. The molecule has 0 radical (unpaired) electrons. The molecule has 3 rings (SSSR count). The minimum absolute atomic E-state index is 0.164. The van der Waals surface area contributed by atoms with Crippen molar-refractivity contribution in [1.29, 1.82) is 0 Å². The molecule has 1 aliphatic heterocycles. The zero-order valence-electron chi connectivity index (χ0n) is 11.8. The number of H-pyrrole nitrogens is 2. The maximum absolute atomic E-state index is 11.3. The Bertz CT molecular complexity index is 678. The number of rotatable bonds is 2. The first-order valence-corrected chi connectivity index (χ1v) is 7.90. The SMILES string of the molecule is CC1OC(C)C(C(Br)c2ccc3[nH]c(=O)[nH]c3c2)C1C. The van der Waals surface area contributed by atoms with Gasteiger partial charge in [-0.2, -0.15) is 0 Å². The minimum atomic E-state index is -0.164. The van der Waals surface area contributed by atoms with Gasteiger partial charge in [-0.1, -0.05) is 28.9 Å². The summed E-state index contributed by atoms with van der Waals surface area (Å²) in [6.45, 7) is 6.51. The molecule has 0 aliphatic carbocycles. The van der Waals surface area contributed by atoms with Gasteiger partial charge in [0.25, 0.3) is 0 Å². The van der Waals surface area contributed by atoms with Crippen LogP contribution in [0.1, 0.15) is 31.2 Å². The lowest BCUT2D eigenvalue weighted by Gasteiger charge is -2.24. The first-order chi connectivity index (χ1) is 9.47. The Kier molecular flexibility index (Phi) is 3.50. The van der Waals surface area contributed by atoms with E-state index in [1.54, 1.807) is 0 Å². The van der Waals surface area contributed by atoms with E-state index in [-0.39, 0.29) is 22.7 Å². The molecule has 2 aromatic rings. The molecule has 1 fully saturated rings. The van der Waals surface area contributed by atoms with Gasteiger partial charge in [-0.15, -0.1) is 0 Å². The third kappa shape index (κ3) is 2.23. The van der Waals surface area contributed by atoms with Gasteiger partial charge in [-0.05, 0) is 37.5 Å². The van der Waals surface area contributed by atoms with Crippen LogP contribution in [0.25, 0.3) is 11.0 Å². The minimum Gasteiger partial charge on any atom is -0.375 e. The zero-order valence-corrected chi connectivity index (χ0v) is 13.4. The number of aromatic amines is 2. The van der Waals surface area contributed by atoms with Gasteiger partial charge in [0, 0.05) is 10.7 Å². The lowest BCUT2D eigenvalue weighted by molar-refractivity contribution is 0.0511. The molecule has 108 valence electrons. The van der Waals surface area contributed by atoms with Crippen molar-refractivity contribution in [2.45, 2.75) is 37.8 Å². The molecule has 2 heterocycles. The molecule has 0 amide bonds. The molecule has 0 saturated carbocycles. The molecular formula is C15H19BrN2O2. The van der Waals surface area contributed by atoms with E-state index in [9.17, 15) is 4.79 Å². The van der Waals surface area contributed by atoms with Crippen LogP contribution < -0.4 is 5.69 Å². The van der Waals surface area contributed by atoms with E-state index >= 15 is 0 Å². The van der Waals surface area contributed by atoms with E-state index < -0.39 is 0 Å². The van der Waals surface area contributed by atoms with Gasteiger partial charge in [-0.25, -0.2) is 4.79 Å². The van der Waals surface area contributed by atoms with E-state index in [2.05, 4.69) is 52.7 Å². The van der Waals surface area contributed by atoms with Gasteiger partial charge < -0.3 is 14.7 Å². The molecule has 5 atom stereocenters. The molecule has 1 aromatic heterocycles. The highest BCUT2D eigenvalue weighted by atomic mass is 79.9. The van der Waals surface area contributed by atoms with Crippen molar-refractivity contribution in [3.63, 3.8) is 0 Å². The highest BCUT2D eigenvalue weighted by Crippen LogP contribution is 2.45. The summed E-state index contributed by atoms with van der Waals surface area (Å²) in [5, 5.41) is 0. The molecular weight excluding hydrogens is 320 g/mol. The summed E-state index contributed by atoms with van der Waals surface area (Å²) >= 11 is 3.83. The van der Waals surface area contributed by atoms with Crippen molar-refractivity contribution in [3.05, 3.63) is 34.2 Å². The lowest BCUT2D eigenvalue weighted by Crippen LogP contribution is -2.21. The second-order valence-corrected chi connectivity index (χ2v) is 6.76. The maximum atomic E-state index is 11.3. The van der Waals surface area contributed by atoms with Crippen molar-refractivity contribution in [3.8, 4) is 0 Å². The van der Waals surface area contributed by atoms with Crippen LogP contribution in [0.15, 0.2) is 23.0 Å². The van der Waals surface area contributed by atoms with Gasteiger partial charge in [0.2, 0.25) is 0 Å². The normalized spacial score (nSPS) is 31.8. The van der Waals surface area contributed by atoms with E-state index in [0.717, 1.165) is 11.0 Å². The lowest BCUT2D eigenvalue weighted by atomic mass is 9.84. The summed E-state index contributed by atoms with van der Waals surface area (Å²) in [6.07, 6.45) is 0.510. The molecule has 1 saturated heterocycles. The van der Waals surface area contributed by atoms with Crippen LogP contribution in [0, 0.1) is 11.8 Å². The Balaban J connectivity index is 1.95. The van der Waals surface area contributed by atoms with Gasteiger partial charge in [0.1, 0.15) is 0 Å². The number of hydrogen-bond acceptors (Lipinski definition) is 2. The number of imidazole rings is 1. The van der Waals surface area contributed by atoms with Crippen LogP contribution in [0.4, 0.5) is 0 Å². The van der Waals surface area contributed by atoms with E-state index in [4.69, 9.17) is 4.74 Å². The van der Waals surface area contributed by atoms with E-state index in [0.29, 0.717) is 11.8 Å². The largest absolute Gasteiger partial charge is 0.375 e. The number of ether oxygens (including phenoxy) is 1. The van der Waals surface area contributed by atoms with Gasteiger partial charge in [-0.3, -0.25) is 0 Å². The van der Waals surface area contributed by atoms with Crippen LogP contribution in [-0.2, 0) is 4.74 Å². The molecule has 20 heavy (non-hydrogen) atoms. The average Bonchev–Trinajstić information content (AvgIpc) is 2.87. The van der Waals surface area contributed by atoms with Crippen molar-refractivity contribution >= 4 is 27.0 Å². The molecule has 1 aromatic carbocycles. The highest BCUT2D eigenvalue weighted by Gasteiger charge is 2.41. The third-order valence-electron chi connectivity index (χ3n) is 4.52. The fraction of sp³-hybridized carbons (Fsp3) is 0.533. The molecule has 1 aliphatic rings. The number of halogens is 1. The fourth-order valence-corrected chi connectivity index (χ4v) is 4.44. The number of alkyl halides is 1. The topological polar surface area (TPSA) is 57.9 Å². The Morgan fingerprint density at radius 1 is 1.15 bits per heavy atom. The van der Waals surface area contributed by atoms with Crippen LogP contribution >= 0.6 is 15.9 Å². The Morgan fingerprint density at radius 3 is 2.50 bits per heavy atom. The summed E-state index contributed by atoms with van der Waals surface area (Å²) in [7, 11) is 0. The van der Waals surface area contributed by atoms with Crippen LogP contribution in [-0.4, -0.2) is 22.2 Å². The number of benzene rings is 1. The summed E-state index contributed by atoms with van der Waals surface area (Å²) in [5.41, 5.74) is 2.71.